The fourth-order valence-electron chi connectivity index (χ4n) is 2.15. The number of nitrogens with one attached hydrogen (secondary N) is 1. The van der Waals surface area contributed by atoms with Crippen LogP contribution in [0, 0.1) is 6.92 Å². The summed E-state index contributed by atoms with van der Waals surface area (Å²) in [5, 5.41) is 2.57. The second-order valence-electron chi connectivity index (χ2n) is 4.81. The first-order valence-corrected chi connectivity index (χ1v) is 6.58. The van der Waals surface area contributed by atoms with E-state index in [1.807, 2.05) is 37.3 Å². The average Bonchev–Trinajstić information content (AvgIpc) is 2.99. The Kier molecular flexibility index (Phi) is 3.31. The monoisotopic (exact) mass is 282 g/mol. The predicted octanol–water partition coefficient (Wildman–Crippen LogP) is 2.68. The van der Waals surface area contributed by atoms with Crippen LogP contribution in [0.4, 0.5) is 4.79 Å². The van der Waals surface area contributed by atoms with Crippen molar-refractivity contribution in [3.63, 3.8) is 0 Å². The lowest BCUT2D eigenvalue weighted by Crippen LogP contribution is -2.30. The molecule has 0 spiro atoms. The zero-order chi connectivity index (χ0) is 14.8. The van der Waals surface area contributed by atoms with Crippen molar-refractivity contribution in [2.24, 2.45) is 0 Å². The smallest absolute Gasteiger partial charge is 0.329 e. The molecule has 1 aliphatic rings. The van der Waals surface area contributed by atoms with Gasteiger partial charge in [0.2, 0.25) is 0 Å². The normalized spacial score (nSPS) is 16.6. The van der Waals surface area contributed by atoms with Gasteiger partial charge in [-0.05, 0) is 24.6 Å². The molecule has 5 nitrogen and oxygen atoms in total. The van der Waals surface area contributed by atoms with Gasteiger partial charge in [-0.2, -0.15) is 0 Å². The summed E-state index contributed by atoms with van der Waals surface area (Å²) in [6.45, 7) is 2.07. The molecule has 106 valence electrons. The van der Waals surface area contributed by atoms with Gasteiger partial charge in [0, 0.05) is 6.08 Å². The van der Waals surface area contributed by atoms with Gasteiger partial charge in [0.25, 0.3) is 5.91 Å². The van der Waals surface area contributed by atoms with Gasteiger partial charge in [-0.1, -0.05) is 30.3 Å². The molecule has 2 aromatic rings. The van der Waals surface area contributed by atoms with Crippen molar-refractivity contribution in [1.82, 2.24) is 10.2 Å². The number of furan rings is 1. The van der Waals surface area contributed by atoms with Gasteiger partial charge in [0.15, 0.2) is 0 Å². The van der Waals surface area contributed by atoms with E-state index < -0.39 is 6.03 Å². The van der Waals surface area contributed by atoms with E-state index in [0.29, 0.717) is 5.76 Å². The SMILES string of the molecule is Cc1ccc(/C=C2/NC(=O)N(Cc3ccccc3)C2=O)o1. The number of benzene rings is 1. The minimum absolute atomic E-state index is 0.227. The molecule has 1 aromatic heterocycles. The first-order chi connectivity index (χ1) is 10.1. The van der Waals surface area contributed by atoms with Gasteiger partial charge in [0.1, 0.15) is 17.2 Å². The van der Waals surface area contributed by atoms with Crippen LogP contribution in [-0.4, -0.2) is 16.8 Å². The number of hydrogen-bond acceptors (Lipinski definition) is 3. The van der Waals surface area contributed by atoms with Crippen LogP contribution in [0.25, 0.3) is 6.08 Å². The number of carbonyl (C=O) groups excluding carboxylic acids is 2. The maximum Gasteiger partial charge on any atom is 0.329 e. The van der Waals surface area contributed by atoms with Gasteiger partial charge in [-0.15, -0.1) is 0 Å². The molecule has 0 saturated carbocycles. The summed E-state index contributed by atoms with van der Waals surface area (Å²) in [6.07, 6.45) is 1.54. The van der Waals surface area contributed by atoms with E-state index in [-0.39, 0.29) is 18.1 Å². The van der Waals surface area contributed by atoms with E-state index in [2.05, 4.69) is 5.32 Å². The zero-order valence-electron chi connectivity index (χ0n) is 11.5. The van der Waals surface area contributed by atoms with E-state index in [1.54, 1.807) is 12.1 Å². The van der Waals surface area contributed by atoms with Crippen LogP contribution in [0.3, 0.4) is 0 Å². The maximum absolute atomic E-state index is 12.3. The minimum atomic E-state index is -0.418. The van der Waals surface area contributed by atoms with Crippen LogP contribution < -0.4 is 5.32 Å². The highest BCUT2D eigenvalue weighted by Gasteiger charge is 2.33. The lowest BCUT2D eigenvalue weighted by molar-refractivity contribution is -0.123. The molecule has 21 heavy (non-hydrogen) atoms. The third kappa shape index (κ3) is 2.72. The van der Waals surface area contributed by atoms with Crippen molar-refractivity contribution in [2.75, 3.05) is 0 Å². The third-order valence-corrected chi connectivity index (χ3v) is 3.19. The van der Waals surface area contributed by atoms with E-state index >= 15 is 0 Å². The number of carbonyl (C=O) groups is 2. The summed E-state index contributed by atoms with van der Waals surface area (Å²) < 4.78 is 5.38. The van der Waals surface area contributed by atoms with Crippen molar-refractivity contribution in [1.29, 1.82) is 0 Å². The largest absolute Gasteiger partial charge is 0.462 e. The molecule has 1 saturated heterocycles. The first-order valence-electron chi connectivity index (χ1n) is 6.58. The second kappa shape index (κ2) is 5.28. The van der Waals surface area contributed by atoms with Gasteiger partial charge >= 0.3 is 6.03 Å². The van der Waals surface area contributed by atoms with Crippen LogP contribution in [0.15, 0.2) is 52.6 Å². The van der Waals surface area contributed by atoms with Crippen molar-refractivity contribution < 1.29 is 14.0 Å². The number of aryl methyl sites for hydroxylation is 1. The minimum Gasteiger partial charge on any atom is -0.462 e. The fourth-order valence-corrected chi connectivity index (χ4v) is 2.15. The highest BCUT2D eigenvalue weighted by molar-refractivity contribution is 6.13. The lowest BCUT2D eigenvalue weighted by atomic mass is 10.2. The van der Waals surface area contributed by atoms with Crippen LogP contribution in [0.2, 0.25) is 0 Å². The Bertz CT molecular complexity index is 716. The summed E-state index contributed by atoms with van der Waals surface area (Å²) in [4.78, 5) is 25.4. The summed E-state index contributed by atoms with van der Waals surface area (Å²) in [5.74, 6) is 0.940. The molecule has 3 rings (SSSR count). The third-order valence-electron chi connectivity index (χ3n) is 3.19. The summed E-state index contributed by atoms with van der Waals surface area (Å²) >= 11 is 0. The predicted molar refractivity (Wildman–Crippen MR) is 76.9 cm³/mol. The summed E-state index contributed by atoms with van der Waals surface area (Å²) in [6, 6.07) is 12.5. The molecule has 1 fully saturated rings. The number of amides is 3. The molecule has 1 aliphatic heterocycles. The van der Waals surface area contributed by atoms with Crippen LogP contribution in [0.1, 0.15) is 17.1 Å². The Morgan fingerprint density at radius 1 is 1.14 bits per heavy atom. The Morgan fingerprint density at radius 2 is 1.90 bits per heavy atom. The van der Waals surface area contributed by atoms with Crippen molar-refractivity contribution >= 4 is 18.0 Å². The molecule has 0 aliphatic carbocycles. The van der Waals surface area contributed by atoms with Crippen molar-refractivity contribution in [2.45, 2.75) is 13.5 Å². The van der Waals surface area contributed by atoms with Crippen molar-refractivity contribution in [3.8, 4) is 0 Å². The van der Waals surface area contributed by atoms with Gasteiger partial charge < -0.3 is 9.73 Å². The highest BCUT2D eigenvalue weighted by Crippen LogP contribution is 2.17. The standard InChI is InChI=1S/C16H14N2O3/c1-11-7-8-13(21-11)9-14-15(19)18(16(20)17-14)10-12-5-3-2-4-6-12/h2-9H,10H2,1H3,(H,17,20)/b14-9+. The topological polar surface area (TPSA) is 62.6 Å². The Morgan fingerprint density at radius 3 is 2.57 bits per heavy atom. The number of imide groups is 1. The first kappa shape index (κ1) is 13.2. The zero-order valence-corrected chi connectivity index (χ0v) is 11.5. The lowest BCUT2D eigenvalue weighted by Gasteiger charge is -2.11. The summed E-state index contributed by atoms with van der Waals surface area (Å²) in [5.41, 5.74) is 1.13. The molecular weight excluding hydrogens is 268 g/mol. The molecule has 0 unspecified atom stereocenters. The maximum atomic E-state index is 12.3. The average molecular weight is 282 g/mol. The molecule has 3 amide bonds. The van der Waals surface area contributed by atoms with E-state index in [9.17, 15) is 9.59 Å². The Balaban J connectivity index is 1.81. The molecule has 0 radical (unpaired) electrons. The molecule has 5 heteroatoms. The van der Waals surface area contributed by atoms with E-state index in [4.69, 9.17) is 4.42 Å². The molecule has 0 atom stereocenters. The molecule has 0 bridgehead atoms. The van der Waals surface area contributed by atoms with Crippen LogP contribution >= 0.6 is 0 Å². The molecule has 2 heterocycles. The Labute approximate surface area is 121 Å². The number of hydrogen-bond donors (Lipinski definition) is 1. The van der Waals surface area contributed by atoms with Crippen LogP contribution in [0.5, 0.6) is 0 Å². The summed E-state index contributed by atoms with van der Waals surface area (Å²) in [7, 11) is 0. The van der Waals surface area contributed by atoms with Crippen molar-refractivity contribution in [3.05, 3.63) is 65.2 Å². The number of nitrogens with zero attached hydrogens (tertiary/aromatic N) is 1. The number of urea groups is 1. The highest BCUT2D eigenvalue weighted by atomic mass is 16.3. The second-order valence-corrected chi connectivity index (χ2v) is 4.81. The van der Waals surface area contributed by atoms with Crippen LogP contribution in [-0.2, 0) is 11.3 Å². The molecule has 1 N–H and O–H groups in total. The quantitative estimate of drug-likeness (QED) is 0.695. The van der Waals surface area contributed by atoms with E-state index in [1.165, 1.54) is 11.0 Å². The van der Waals surface area contributed by atoms with E-state index in [0.717, 1.165) is 11.3 Å². The Hall–Kier alpha value is -2.82. The fraction of sp³-hybridized carbons (Fsp3) is 0.125. The number of rotatable bonds is 3. The molecule has 1 aromatic carbocycles. The molecular formula is C16H14N2O3. The van der Waals surface area contributed by atoms with Gasteiger partial charge in [-0.25, -0.2) is 4.79 Å². The van der Waals surface area contributed by atoms with Gasteiger partial charge in [-0.3, -0.25) is 9.69 Å². The van der Waals surface area contributed by atoms with Gasteiger partial charge in [0.05, 0.1) is 6.54 Å².